The van der Waals surface area contributed by atoms with Crippen molar-refractivity contribution in [3.63, 3.8) is 0 Å². The van der Waals surface area contributed by atoms with E-state index in [0.717, 1.165) is 51.6 Å². The van der Waals surface area contributed by atoms with Crippen molar-refractivity contribution in [2.24, 2.45) is 0 Å². The minimum Gasteiger partial charge on any atom is -0.497 e. The Hall–Kier alpha value is -2.61. The predicted molar refractivity (Wildman–Crippen MR) is 118 cm³/mol. The lowest BCUT2D eigenvalue weighted by molar-refractivity contribution is 0.0336. The first-order valence-electron chi connectivity index (χ1n) is 10.7. The summed E-state index contributed by atoms with van der Waals surface area (Å²) in [6.45, 7) is 5.89. The zero-order valence-corrected chi connectivity index (χ0v) is 17.9. The Balaban J connectivity index is 1.39. The molecule has 1 atom stereocenters. The zero-order valence-electron chi connectivity index (χ0n) is 17.9. The second-order valence-electron chi connectivity index (χ2n) is 7.83. The van der Waals surface area contributed by atoms with Crippen LogP contribution in [0.25, 0.3) is 0 Å². The first kappa shape index (κ1) is 21.6. The average molecular weight is 428 g/mol. The molecule has 0 spiro atoms. The van der Waals surface area contributed by atoms with Gasteiger partial charge in [0.05, 0.1) is 26.4 Å². The molecule has 1 unspecified atom stereocenters. The summed E-state index contributed by atoms with van der Waals surface area (Å²) in [4.78, 5) is 2.42. The summed E-state index contributed by atoms with van der Waals surface area (Å²) in [6, 6.07) is 14.4. The number of hydrogen-bond donors (Lipinski definition) is 1. The van der Waals surface area contributed by atoms with Gasteiger partial charge >= 0.3 is 0 Å². The van der Waals surface area contributed by atoms with Crippen LogP contribution in [0.15, 0.2) is 60.3 Å². The average Bonchev–Trinajstić information content (AvgIpc) is 3.20. The van der Waals surface area contributed by atoms with Crippen molar-refractivity contribution in [1.29, 1.82) is 0 Å². The largest absolute Gasteiger partial charge is 0.497 e. The van der Waals surface area contributed by atoms with Gasteiger partial charge in [-0.05, 0) is 48.4 Å². The van der Waals surface area contributed by atoms with Crippen molar-refractivity contribution >= 4 is 0 Å². The Labute approximate surface area is 183 Å². The zero-order chi connectivity index (χ0) is 21.5. The van der Waals surface area contributed by atoms with E-state index in [9.17, 15) is 4.39 Å². The number of hydrogen-bond acceptors (Lipinski definition) is 6. The summed E-state index contributed by atoms with van der Waals surface area (Å²) < 4.78 is 29.8. The number of nitrogens with zero attached hydrogens (tertiary/aromatic N) is 2. The Morgan fingerprint density at radius 2 is 1.71 bits per heavy atom. The Morgan fingerprint density at radius 1 is 1.00 bits per heavy atom. The lowest BCUT2D eigenvalue weighted by Gasteiger charge is -2.29. The van der Waals surface area contributed by atoms with E-state index in [-0.39, 0.29) is 11.9 Å². The van der Waals surface area contributed by atoms with E-state index in [0.29, 0.717) is 12.4 Å². The van der Waals surface area contributed by atoms with E-state index >= 15 is 0 Å². The van der Waals surface area contributed by atoms with Crippen LogP contribution in [0.2, 0.25) is 0 Å². The van der Waals surface area contributed by atoms with Crippen LogP contribution in [0, 0.1) is 5.82 Å². The normalized spacial score (nSPS) is 19.4. The van der Waals surface area contributed by atoms with Gasteiger partial charge < -0.3 is 19.2 Å². The molecule has 0 amide bonds. The van der Waals surface area contributed by atoms with Crippen LogP contribution in [0.3, 0.4) is 0 Å². The number of methoxy groups -OCH3 is 1. The van der Waals surface area contributed by atoms with Crippen molar-refractivity contribution in [2.45, 2.75) is 12.5 Å². The molecule has 31 heavy (non-hydrogen) atoms. The van der Waals surface area contributed by atoms with Crippen LogP contribution in [-0.2, 0) is 11.2 Å². The third-order valence-electron chi connectivity index (χ3n) is 5.67. The fraction of sp³-hybridized carbons (Fsp3) is 0.417. The van der Waals surface area contributed by atoms with Crippen molar-refractivity contribution in [1.82, 2.24) is 15.3 Å². The maximum Gasteiger partial charge on any atom is 0.123 e. The third kappa shape index (κ3) is 6.19. The highest BCUT2D eigenvalue weighted by molar-refractivity contribution is 5.30. The highest BCUT2D eigenvalue weighted by atomic mass is 19.1. The molecule has 0 aromatic heterocycles. The molecule has 0 aliphatic carbocycles. The van der Waals surface area contributed by atoms with Gasteiger partial charge in [0, 0.05) is 38.0 Å². The number of benzene rings is 2. The maximum atomic E-state index is 13.2. The van der Waals surface area contributed by atoms with E-state index in [1.807, 2.05) is 12.1 Å². The molecule has 2 aliphatic rings. The maximum absolute atomic E-state index is 13.2. The second kappa shape index (κ2) is 10.6. The monoisotopic (exact) mass is 427 g/mol. The number of nitrogens with one attached hydrogen (secondary N) is 1. The van der Waals surface area contributed by atoms with Crippen molar-refractivity contribution in [3.05, 3.63) is 71.7 Å². The quantitative estimate of drug-likeness (QED) is 0.664. The molecule has 0 saturated carbocycles. The van der Waals surface area contributed by atoms with E-state index in [1.54, 1.807) is 19.2 Å². The van der Waals surface area contributed by atoms with Gasteiger partial charge in [-0.1, -0.05) is 12.1 Å². The minimum absolute atomic E-state index is 0.138. The summed E-state index contributed by atoms with van der Waals surface area (Å²) in [5.74, 6) is 1.25. The molecule has 2 aliphatic heterocycles. The Kier molecular flexibility index (Phi) is 7.40. The molecule has 2 heterocycles. The van der Waals surface area contributed by atoms with Gasteiger partial charge in [0.25, 0.3) is 0 Å². The summed E-state index contributed by atoms with van der Waals surface area (Å²) in [7, 11) is 1.67. The Morgan fingerprint density at radius 3 is 2.42 bits per heavy atom. The molecule has 2 aromatic rings. The Bertz CT molecular complexity index is 851. The lowest BCUT2D eigenvalue weighted by Crippen LogP contribution is -2.44. The number of morpholine rings is 1. The molecule has 0 bridgehead atoms. The fourth-order valence-corrected chi connectivity index (χ4v) is 3.82. The molecule has 1 N–H and O–H groups in total. The van der Waals surface area contributed by atoms with Gasteiger partial charge in [-0.2, -0.15) is 0 Å². The number of rotatable bonds is 9. The summed E-state index contributed by atoms with van der Waals surface area (Å²) in [6.07, 6.45) is 2.99. The van der Waals surface area contributed by atoms with Crippen LogP contribution < -0.4 is 14.9 Å². The molecule has 1 fully saturated rings. The van der Waals surface area contributed by atoms with E-state index < -0.39 is 0 Å². The molecule has 1 saturated heterocycles. The van der Waals surface area contributed by atoms with Crippen LogP contribution in [0.4, 0.5) is 4.39 Å². The summed E-state index contributed by atoms with van der Waals surface area (Å²) in [5, 5.41) is 2.16. The first-order chi connectivity index (χ1) is 15.2. The van der Waals surface area contributed by atoms with E-state index in [1.165, 1.54) is 23.3 Å². The SMILES string of the molecule is COc1ccc(CC2NN(CCN3CCOCC3)C=C2COc2ccc(F)cc2)cc1. The van der Waals surface area contributed by atoms with Crippen molar-refractivity contribution < 1.29 is 18.6 Å². The van der Waals surface area contributed by atoms with Gasteiger partial charge in [0.1, 0.15) is 23.9 Å². The first-order valence-corrected chi connectivity index (χ1v) is 10.7. The van der Waals surface area contributed by atoms with Gasteiger partial charge in [0.2, 0.25) is 0 Å². The number of hydrazine groups is 1. The summed E-state index contributed by atoms with van der Waals surface area (Å²) in [5.41, 5.74) is 6.01. The standard InChI is InChI=1S/C24H30FN3O3/c1-29-22-6-2-19(3-7-22)16-24-20(18-31-23-8-4-21(25)5-9-23)17-28(26-24)11-10-27-12-14-30-15-13-27/h2-9,17,24,26H,10-16,18H2,1H3. The van der Waals surface area contributed by atoms with E-state index in [4.69, 9.17) is 14.2 Å². The molecule has 0 radical (unpaired) electrons. The smallest absolute Gasteiger partial charge is 0.123 e. The fourth-order valence-electron chi connectivity index (χ4n) is 3.82. The third-order valence-corrected chi connectivity index (χ3v) is 5.67. The number of ether oxygens (including phenoxy) is 3. The summed E-state index contributed by atoms with van der Waals surface area (Å²) >= 11 is 0. The molecule has 4 rings (SSSR count). The second-order valence-corrected chi connectivity index (χ2v) is 7.83. The van der Waals surface area contributed by atoms with Gasteiger partial charge in [-0.25, -0.2) is 9.82 Å². The van der Waals surface area contributed by atoms with Gasteiger partial charge in [-0.15, -0.1) is 0 Å². The van der Waals surface area contributed by atoms with E-state index in [2.05, 4.69) is 33.7 Å². The predicted octanol–water partition coefficient (Wildman–Crippen LogP) is 2.86. The molecule has 2 aromatic carbocycles. The minimum atomic E-state index is -0.263. The van der Waals surface area contributed by atoms with Crippen LogP contribution in [0.1, 0.15) is 5.56 Å². The van der Waals surface area contributed by atoms with Gasteiger partial charge in [0.15, 0.2) is 0 Å². The number of halogens is 1. The van der Waals surface area contributed by atoms with Crippen molar-refractivity contribution in [3.8, 4) is 11.5 Å². The van der Waals surface area contributed by atoms with Crippen molar-refractivity contribution in [2.75, 3.05) is 53.1 Å². The highest BCUT2D eigenvalue weighted by Gasteiger charge is 2.25. The lowest BCUT2D eigenvalue weighted by atomic mass is 10.0. The van der Waals surface area contributed by atoms with Crippen LogP contribution in [0.5, 0.6) is 11.5 Å². The van der Waals surface area contributed by atoms with Crippen LogP contribution >= 0.6 is 0 Å². The molecule has 6 nitrogen and oxygen atoms in total. The molecule has 7 heteroatoms. The molecule has 166 valence electrons. The molecular weight excluding hydrogens is 397 g/mol. The van der Waals surface area contributed by atoms with Crippen LogP contribution in [-0.4, -0.2) is 69.1 Å². The topological polar surface area (TPSA) is 46.2 Å². The molecular formula is C24H30FN3O3. The van der Waals surface area contributed by atoms with Gasteiger partial charge in [-0.3, -0.25) is 4.90 Å². The highest BCUT2D eigenvalue weighted by Crippen LogP contribution is 2.21.